The van der Waals surface area contributed by atoms with Crippen LogP contribution in [0.5, 0.6) is 0 Å². The zero-order chi connectivity index (χ0) is 18.5. The van der Waals surface area contributed by atoms with Gasteiger partial charge in [-0.05, 0) is 23.1 Å². The molecule has 0 spiro atoms. The Labute approximate surface area is 152 Å². The number of amides is 1. The molecule has 8 nitrogen and oxygen atoms in total. The minimum Gasteiger partial charge on any atom is -0.337 e. The lowest BCUT2D eigenvalue weighted by molar-refractivity contribution is -0.384. The highest BCUT2D eigenvalue weighted by Crippen LogP contribution is 2.21. The molecule has 2 heterocycles. The molecule has 0 atom stereocenters. The van der Waals surface area contributed by atoms with Gasteiger partial charge in [-0.3, -0.25) is 14.9 Å². The zero-order valence-corrected chi connectivity index (χ0v) is 14.5. The predicted octanol–water partition coefficient (Wildman–Crippen LogP) is 3.38. The number of aromatic nitrogens is 2. The minimum atomic E-state index is -0.480. The summed E-state index contributed by atoms with van der Waals surface area (Å²) in [5.41, 5.74) is 0.540. The molecule has 0 fully saturated rings. The number of non-ortho nitro benzene ring substituents is 1. The largest absolute Gasteiger partial charge is 0.337 e. The normalized spacial score (nSPS) is 11.0. The highest BCUT2D eigenvalue weighted by atomic mass is 32.1. The third-order valence-corrected chi connectivity index (χ3v) is 4.32. The number of hydrogen-bond acceptors (Lipinski definition) is 7. The van der Waals surface area contributed by atoms with E-state index in [0.717, 1.165) is 4.88 Å². The van der Waals surface area contributed by atoms with Crippen LogP contribution in [0.1, 0.15) is 11.5 Å². The molecule has 2 aromatic heterocycles. The molecule has 26 heavy (non-hydrogen) atoms. The van der Waals surface area contributed by atoms with Gasteiger partial charge in [0.1, 0.15) is 0 Å². The number of hydrogen-bond donors (Lipinski definition) is 0. The van der Waals surface area contributed by atoms with Crippen LogP contribution < -0.4 is 0 Å². The van der Waals surface area contributed by atoms with Crippen molar-refractivity contribution in [3.05, 3.63) is 69.4 Å². The predicted molar refractivity (Wildman–Crippen MR) is 96.2 cm³/mol. The molecule has 0 radical (unpaired) electrons. The molecule has 0 aliphatic heterocycles. The molecule has 0 unspecified atom stereocenters. The van der Waals surface area contributed by atoms with Gasteiger partial charge < -0.3 is 9.42 Å². The molecule has 0 saturated heterocycles. The lowest BCUT2D eigenvalue weighted by Gasteiger charge is -2.11. The van der Waals surface area contributed by atoms with E-state index in [4.69, 9.17) is 4.52 Å². The maximum absolute atomic E-state index is 12.2. The topological polar surface area (TPSA) is 102 Å². The van der Waals surface area contributed by atoms with Crippen LogP contribution in [0.15, 0.2) is 52.4 Å². The van der Waals surface area contributed by atoms with Crippen molar-refractivity contribution >= 4 is 29.0 Å². The van der Waals surface area contributed by atoms with Crippen molar-refractivity contribution in [1.82, 2.24) is 15.0 Å². The van der Waals surface area contributed by atoms with Crippen LogP contribution in [0.3, 0.4) is 0 Å². The van der Waals surface area contributed by atoms with Crippen molar-refractivity contribution in [3.63, 3.8) is 0 Å². The second kappa shape index (κ2) is 7.70. The summed E-state index contributed by atoms with van der Waals surface area (Å²) < 4.78 is 5.17. The molecule has 9 heteroatoms. The van der Waals surface area contributed by atoms with Crippen LogP contribution in [0.4, 0.5) is 5.69 Å². The fourth-order valence-corrected chi connectivity index (χ4v) is 2.79. The Bertz CT molecular complexity index is 949. The molecule has 0 aliphatic rings. The van der Waals surface area contributed by atoms with Crippen molar-refractivity contribution in [2.45, 2.75) is 6.54 Å². The van der Waals surface area contributed by atoms with Crippen molar-refractivity contribution < 1.29 is 14.2 Å². The van der Waals surface area contributed by atoms with Crippen molar-refractivity contribution in [2.24, 2.45) is 0 Å². The minimum absolute atomic E-state index is 0.0279. The molecule has 1 amide bonds. The van der Waals surface area contributed by atoms with E-state index in [-0.39, 0.29) is 18.1 Å². The number of thiophene rings is 1. The summed E-state index contributed by atoms with van der Waals surface area (Å²) >= 11 is 1.50. The maximum atomic E-state index is 12.2. The summed E-state index contributed by atoms with van der Waals surface area (Å²) in [5.74, 6) is 0.531. The van der Waals surface area contributed by atoms with Crippen LogP contribution in [0, 0.1) is 10.1 Å². The summed E-state index contributed by atoms with van der Waals surface area (Å²) in [6, 6.07) is 9.82. The first kappa shape index (κ1) is 17.5. The van der Waals surface area contributed by atoms with Gasteiger partial charge in [0.2, 0.25) is 17.6 Å². The summed E-state index contributed by atoms with van der Waals surface area (Å²) in [6.45, 7) is 0.163. The first-order chi connectivity index (χ1) is 12.5. The molecule has 1 aromatic carbocycles. The molecule has 3 rings (SSSR count). The van der Waals surface area contributed by atoms with Crippen molar-refractivity contribution in [2.75, 3.05) is 7.05 Å². The summed E-state index contributed by atoms with van der Waals surface area (Å²) in [6.07, 6.45) is 2.87. The average Bonchev–Trinajstić information content (AvgIpc) is 3.31. The van der Waals surface area contributed by atoms with Crippen LogP contribution in [-0.4, -0.2) is 32.9 Å². The summed E-state index contributed by atoms with van der Waals surface area (Å²) in [5, 5.41) is 16.6. The molecule has 0 saturated carbocycles. The monoisotopic (exact) mass is 370 g/mol. The third-order valence-electron chi connectivity index (χ3n) is 3.46. The number of likely N-dealkylation sites (N-methyl/N-ethyl adjacent to an activating group) is 1. The lowest BCUT2D eigenvalue weighted by Crippen LogP contribution is -2.24. The van der Waals surface area contributed by atoms with E-state index in [2.05, 4.69) is 10.1 Å². The van der Waals surface area contributed by atoms with Crippen molar-refractivity contribution in [3.8, 4) is 10.7 Å². The molecule has 132 valence electrons. The van der Waals surface area contributed by atoms with Crippen LogP contribution in [-0.2, 0) is 11.3 Å². The van der Waals surface area contributed by atoms with E-state index in [1.54, 1.807) is 19.2 Å². The van der Waals surface area contributed by atoms with Gasteiger partial charge in [0.05, 0.1) is 16.3 Å². The zero-order valence-electron chi connectivity index (χ0n) is 13.7. The standard InChI is InChI=1S/C17H14N4O4S/c1-20(11-15-18-17(19-25-15)14-6-3-9-26-14)16(22)8-7-12-4-2-5-13(10-12)21(23)24/h2-10H,11H2,1H3/b8-7+. The van der Waals surface area contributed by atoms with Crippen LogP contribution >= 0.6 is 11.3 Å². The molecule has 0 aliphatic carbocycles. The van der Waals surface area contributed by atoms with E-state index < -0.39 is 4.92 Å². The van der Waals surface area contributed by atoms with E-state index >= 15 is 0 Å². The van der Waals surface area contributed by atoms with Gasteiger partial charge in [0, 0.05) is 25.3 Å². The fraction of sp³-hybridized carbons (Fsp3) is 0.118. The molecule has 0 bridgehead atoms. The summed E-state index contributed by atoms with van der Waals surface area (Å²) in [4.78, 5) is 29.1. The Morgan fingerprint density at radius 3 is 2.96 bits per heavy atom. The Balaban J connectivity index is 1.63. The molecule has 0 N–H and O–H groups in total. The van der Waals surface area contributed by atoms with E-state index in [1.165, 1.54) is 40.5 Å². The number of carbonyl (C=O) groups is 1. The van der Waals surface area contributed by atoms with E-state index in [1.807, 2.05) is 17.5 Å². The quantitative estimate of drug-likeness (QED) is 0.374. The number of nitro groups is 1. The Morgan fingerprint density at radius 1 is 1.38 bits per heavy atom. The van der Waals surface area contributed by atoms with E-state index in [0.29, 0.717) is 17.3 Å². The second-order valence-corrected chi connectivity index (χ2v) is 6.32. The van der Waals surface area contributed by atoms with Crippen LogP contribution in [0.2, 0.25) is 0 Å². The molecular formula is C17H14N4O4S. The number of nitrogens with zero attached hydrogens (tertiary/aromatic N) is 4. The number of carbonyl (C=O) groups excluding carboxylic acids is 1. The van der Waals surface area contributed by atoms with Gasteiger partial charge in [-0.15, -0.1) is 11.3 Å². The Morgan fingerprint density at radius 2 is 2.23 bits per heavy atom. The fourth-order valence-electron chi connectivity index (χ4n) is 2.14. The first-order valence-corrected chi connectivity index (χ1v) is 8.45. The number of benzene rings is 1. The highest BCUT2D eigenvalue weighted by Gasteiger charge is 2.13. The van der Waals surface area contributed by atoms with Gasteiger partial charge in [0.25, 0.3) is 5.69 Å². The second-order valence-electron chi connectivity index (χ2n) is 5.37. The number of rotatable bonds is 6. The Kier molecular flexibility index (Phi) is 5.18. The van der Waals surface area contributed by atoms with E-state index in [9.17, 15) is 14.9 Å². The molecular weight excluding hydrogens is 356 g/mol. The van der Waals surface area contributed by atoms with Gasteiger partial charge in [-0.1, -0.05) is 23.4 Å². The highest BCUT2D eigenvalue weighted by molar-refractivity contribution is 7.13. The molecule has 3 aromatic rings. The first-order valence-electron chi connectivity index (χ1n) is 7.57. The van der Waals surface area contributed by atoms with Gasteiger partial charge in [-0.25, -0.2) is 0 Å². The lowest BCUT2D eigenvalue weighted by atomic mass is 10.2. The van der Waals surface area contributed by atoms with Gasteiger partial charge >= 0.3 is 0 Å². The smallest absolute Gasteiger partial charge is 0.270 e. The SMILES string of the molecule is CN(Cc1nc(-c2cccs2)no1)C(=O)/C=C/c1cccc([N+](=O)[O-])c1. The van der Waals surface area contributed by atoms with Gasteiger partial charge in [-0.2, -0.15) is 4.98 Å². The third kappa shape index (κ3) is 4.19. The van der Waals surface area contributed by atoms with Crippen LogP contribution in [0.25, 0.3) is 16.8 Å². The summed E-state index contributed by atoms with van der Waals surface area (Å²) in [7, 11) is 1.61. The Hall–Kier alpha value is -3.33. The average molecular weight is 370 g/mol. The number of nitro benzene ring substituents is 1. The van der Waals surface area contributed by atoms with Crippen molar-refractivity contribution in [1.29, 1.82) is 0 Å². The maximum Gasteiger partial charge on any atom is 0.270 e. The van der Waals surface area contributed by atoms with Gasteiger partial charge in [0.15, 0.2) is 0 Å².